The first-order chi connectivity index (χ1) is 7.38. The van der Waals surface area contributed by atoms with E-state index in [1.165, 1.54) is 20.3 Å². The van der Waals surface area contributed by atoms with Crippen molar-refractivity contribution in [2.75, 3.05) is 14.2 Å². The lowest BCUT2D eigenvalue weighted by atomic mass is 10.2. The number of hydrogen-bond acceptors (Lipinski definition) is 5. The maximum absolute atomic E-state index is 10.8. The zero-order valence-corrected chi connectivity index (χ0v) is 9.35. The van der Waals surface area contributed by atoms with E-state index in [1.54, 1.807) is 0 Å². The van der Waals surface area contributed by atoms with Crippen molar-refractivity contribution in [2.45, 2.75) is 6.92 Å². The molecule has 0 aromatic carbocycles. The molecule has 0 heterocycles. The van der Waals surface area contributed by atoms with Crippen LogP contribution < -0.4 is 0 Å². The van der Waals surface area contributed by atoms with Gasteiger partial charge in [-0.05, 0) is 0 Å². The quantitative estimate of drug-likeness (QED) is 0.432. The molecule has 0 aromatic heterocycles. The molecule has 0 saturated carbocycles. The van der Waals surface area contributed by atoms with Crippen molar-refractivity contribution < 1.29 is 29.0 Å². The summed E-state index contributed by atoms with van der Waals surface area (Å²) in [5.41, 5.74) is 0.0735. The molecule has 0 aliphatic rings. The highest BCUT2D eigenvalue weighted by Crippen LogP contribution is 1.98. The van der Waals surface area contributed by atoms with Gasteiger partial charge < -0.3 is 14.6 Å². The van der Waals surface area contributed by atoms with Crippen molar-refractivity contribution in [2.24, 2.45) is 0 Å². The first kappa shape index (κ1) is 16.3. The number of aliphatic carboxylic acids is 1. The van der Waals surface area contributed by atoms with Crippen molar-refractivity contribution in [3.63, 3.8) is 0 Å². The maximum Gasteiger partial charge on any atom is 0.338 e. The third-order valence-electron chi connectivity index (χ3n) is 1.12. The summed E-state index contributed by atoms with van der Waals surface area (Å²) < 4.78 is 8.67. The Morgan fingerprint density at radius 2 is 1.62 bits per heavy atom. The average molecular weight is 230 g/mol. The molecule has 0 fully saturated rings. The molecule has 1 N–H and O–H groups in total. The van der Waals surface area contributed by atoms with Crippen LogP contribution in [-0.4, -0.2) is 37.2 Å². The molecule has 0 aliphatic heterocycles. The molecule has 90 valence electrons. The summed E-state index contributed by atoms with van der Waals surface area (Å²) in [6, 6.07) is 0. The fourth-order valence-corrected chi connectivity index (χ4v) is 0.505. The molecule has 6 heteroatoms. The van der Waals surface area contributed by atoms with E-state index in [1.807, 2.05) is 0 Å². The Labute approximate surface area is 93.2 Å². The van der Waals surface area contributed by atoms with E-state index >= 15 is 0 Å². The zero-order valence-electron chi connectivity index (χ0n) is 9.35. The summed E-state index contributed by atoms with van der Waals surface area (Å²) in [4.78, 5) is 30.5. The van der Waals surface area contributed by atoms with Gasteiger partial charge in [0.25, 0.3) is 5.97 Å². The minimum atomic E-state index is -0.833. The molecule has 0 saturated heterocycles. The van der Waals surface area contributed by atoms with E-state index in [0.29, 0.717) is 0 Å². The van der Waals surface area contributed by atoms with E-state index in [9.17, 15) is 9.59 Å². The topological polar surface area (TPSA) is 89.9 Å². The molecule has 0 radical (unpaired) electrons. The number of rotatable bonds is 3. The SMILES string of the molecule is C=C/C(=C/C(=O)OC)C(=O)OC.CC(=O)O. The molecule has 16 heavy (non-hydrogen) atoms. The van der Waals surface area contributed by atoms with Gasteiger partial charge in [-0.25, -0.2) is 9.59 Å². The lowest BCUT2D eigenvalue weighted by Crippen LogP contribution is -2.06. The Hall–Kier alpha value is -2.11. The Balaban J connectivity index is 0. The van der Waals surface area contributed by atoms with Gasteiger partial charge in [0.1, 0.15) is 0 Å². The lowest BCUT2D eigenvalue weighted by molar-refractivity contribution is -0.138. The second-order valence-electron chi connectivity index (χ2n) is 2.34. The zero-order chi connectivity index (χ0) is 13.1. The van der Waals surface area contributed by atoms with Gasteiger partial charge in [-0.3, -0.25) is 4.79 Å². The van der Waals surface area contributed by atoms with Crippen LogP contribution in [0.25, 0.3) is 0 Å². The monoisotopic (exact) mass is 230 g/mol. The fraction of sp³-hybridized carbons (Fsp3) is 0.300. The number of carboxylic acid groups (broad SMARTS) is 1. The van der Waals surface area contributed by atoms with Crippen LogP contribution >= 0.6 is 0 Å². The van der Waals surface area contributed by atoms with Crippen molar-refractivity contribution >= 4 is 17.9 Å². The predicted molar refractivity (Wildman–Crippen MR) is 55.6 cm³/mol. The molecular formula is C10H14O6. The highest BCUT2D eigenvalue weighted by molar-refractivity contribution is 5.98. The van der Waals surface area contributed by atoms with Crippen LogP contribution in [0.5, 0.6) is 0 Å². The molecule has 0 unspecified atom stereocenters. The molecule has 0 aliphatic carbocycles. The first-order valence-electron chi connectivity index (χ1n) is 4.08. The van der Waals surface area contributed by atoms with Crippen molar-refractivity contribution in [1.29, 1.82) is 0 Å². The largest absolute Gasteiger partial charge is 0.481 e. The normalized spacial score (nSPS) is 9.31. The van der Waals surface area contributed by atoms with Gasteiger partial charge in [-0.15, -0.1) is 0 Å². The van der Waals surface area contributed by atoms with Gasteiger partial charge in [0.2, 0.25) is 0 Å². The van der Waals surface area contributed by atoms with Crippen LogP contribution in [0.2, 0.25) is 0 Å². The highest BCUT2D eigenvalue weighted by atomic mass is 16.5. The van der Waals surface area contributed by atoms with Gasteiger partial charge in [-0.2, -0.15) is 0 Å². The van der Waals surface area contributed by atoms with Gasteiger partial charge in [0, 0.05) is 13.0 Å². The van der Waals surface area contributed by atoms with Crippen LogP contribution in [0.1, 0.15) is 6.92 Å². The molecule has 0 amide bonds. The predicted octanol–water partition coefficient (Wildman–Crippen LogP) is 0.536. The van der Waals surface area contributed by atoms with Crippen LogP contribution in [-0.2, 0) is 23.9 Å². The van der Waals surface area contributed by atoms with Gasteiger partial charge >= 0.3 is 11.9 Å². The van der Waals surface area contributed by atoms with Crippen LogP contribution in [0.15, 0.2) is 24.3 Å². The second kappa shape index (κ2) is 9.45. The molecule has 6 nitrogen and oxygen atoms in total. The molecule has 0 bridgehead atoms. The number of hydrogen-bond donors (Lipinski definition) is 1. The first-order valence-corrected chi connectivity index (χ1v) is 4.08. The van der Waals surface area contributed by atoms with Gasteiger partial charge in [0.15, 0.2) is 0 Å². The molecule has 0 spiro atoms. The second-order valence-corrected chi connectivity index (χ2v) is 2.34. The van der Waals surface area contributed by atoms with Crippen molar-refractivity contribution in [3.8, 4) is 0 Å². The molecular weight excluding hydrogens is 216 g/mol. The number of ether oxygens (including phenoxy) is 2. The summed E-state index contributed by atoms with van der Waals surface area (Å²) in [7, 11) is 2.44. The van der Waals surface area contributed by atoms with Crippen LogP contribution in [0.4, 0.5) is 0 Å². The number of carbonyl (C=O) groups excluding carboxylic acids is 2. The molecule has 0 atom stereocenters. The Bertz CT molecular complexity index is 298. The fourth-order valence-electron chi connectivity index (χ4n) is 0.505. The average Bonchev–Trinajstić information content (AvgIpc) is 2.23. The molecule has 0 rings (SSSR count). The van der Waals surface area contributed by atoms with E-state index in [2.05, 4.69) is 16.1 Å². The summed E-state index contributed by atoms with van der Waals surface area (Å²) in [5, 5.41) is 7.42. The summed E-state index contributed by atoms with van der Waals surface area (Å²) >= 11 is 0. The standard InChI is InChI=1S/C8H10O4.C2H4O2/c1-4-6(8(10)12-3)5-7(9)11-2;1-2(3)4/h4-5H,1H2,2-3H3;1H3,(H,3,4)/b6-5-;. The van der Waals surface area contributed by atoms with E-state index < -0.39 is 17.9 Å². The highest BCUT2D eigenvalue weighted by Gasteiger charge is 2.07. The maximum atomic E-state index is 10.8. The summed E-state index contributed by atoms with van der Waals surface area (Å²) in [5.74, 6) is -2.06. The Morgan fingerprint density at radius 1 is 1.19 bits per heavy atom. The third kappa shape index (κ3) is 9.97. The summed E-state index contributed by atoms with van der Waals surface area (Å²) in [6.45, 7) is 4.42. The number of carbonyl (C=O) groups is 3. The van der Waals surface area contributed by atoms with E-state index in [0.717, 1.165) is 13.0 Å². The van der Waals surface area contributed by atoms with Gasteiger partial charge in [-0.1, -0.05) is 12.7 Å². The number of methoxy groups -OCH3 is 2. The minimum Gasteiger partial charge on any atom is -0.481 e. The van der Waals surface area contributed by atoms with Gasteiger partial charge in [0.05, 0.1) is 19.8 Å². The van der Waals surface area contributed by atoms with Crippen molar-refractivity contribution in [1.82, 2.24) is 0 Å². The van der Waals surface area contributed by atoms with Crippen LogP contribution in [0, 0.1) is 0 Å². The number of esters is 2. The molecule has 0 aromatic rings. The van der Waals surface area contributed by atoms with E-state index in [-0.39, 0.29) is 5.57 Å². The third-order valence-corrected chi connectivity index (χ3v) is 1.12. The van der Waals surface area contributed by atoms with E-state index in [4.69, 9.17) is 9.90 Å². The Morgan fingerprint density at radius 3 is 1.88 bits per heavy atom. The number of carboxylic acids is 1. The lowest BCUT2D eigenvalue weighted by Gasteiger charge is -1.97. The minimum absolute atomic E-state index is 0.0735. The smallest absolute Gasteiger partial charge is 0.338 e. The summed E-state index contributed by atoms with van der Waals surface area (Å²) in [6.07, 6.45) is 2.24. The van der Waals surface area contributed by atoms with Crippen LogP contribution in [0.3, 0.4) is 0 Å². The van der Waals surface area contributed by atoms with Crippen molar-refractivity contribution in [3.05, 3.63) is 24.3 Å². The Kier molecular flexibility index (Phi) is 9.64.